The smallest absolute Gasteiger partial charge is 0.138 e. The molecule has 1 aromatic rings. The molecule has 19 heavy (non-hydrogen) atoms. The lowest BCUT2D eigenvalue weighted by Gasteiger charge is -2.31. The van der Waals surface area contributed by atoms with Crippen LogP contribution in [-0.2, 0) is 6.54 Å². The van der Waals surface area contributed by atoms with Crippen molar-refractivity contribution in [1.82, 2.24) is 15.4 Å². The maximum atomic E-state index is 5.19. The first-order valence-electron chi connectivity index (χ1n) is 7.30. The number of rotatable bonds is 8. The van der Waals surface area contributed by atoms with Crippen molar-refractivity contribution >= 4 is 0 Å². The molecule has 1 heterocycles. The zero-order valence-electron chi connectivity index (χ0n) is 13.3. The van der Waals surface area contributed by atoms with Gasteiger partial charge in [-0.15, -0.1) is 0 Å². The first-order chi connectivity index (χ1) is 9.01. The highest BCUT2D eigenvalue weighted by Crippen LogP contribution is 2.17. The van der Waals surface area contributed by atoms with Gasteiger partial charge in [0.2, 0.25) is 0 Å². The highest BCUT2D eigenvalue weighted by molar-refractivity contribution is 5.20. The maximum absolute atomic E-state index is 5.19. The van der Waals surface area contributed by atoms with E-state index in [1.807, 2.05) is 13.8 Å². The van der Waals surface area contributed by atoms with Crippen LogP contribution in [0.25, 0.3) is 0 Å². The number of hydrogen-bond acceptors (Lipinski definition) is 4. The zero-order valence-corrected chi connectivity index (χ0v) is 13.3. The highest BCUT2D eigenvalue weighted by atomic mass is 16.5. The first-order valence-corrected chi connectivity index (χ1v) is 7.30. The predicted octanol–water partition coefficient (Wildman–Crippen LogP) is 2.75. The quantitative estimate of drug-likeness (QED) is 0.786. The minimum Gasteiger partial charge on any atom is -0.361 e. The third kappa shape index (κ3) is 4.32. The minimum absolute atomic E-state index is 0.579. The molecule has 0 bridgehead atoms. The second kappa shape index (κ2) is 7.65. The highest BCUT2D eigenvalue weighted by Gasteiger charge is 2.20. The van der Waals surface area contributed by atoms with E-state index in [1.54, 1.807) is 0 Å². The molecule has 1 unspecified atom stereocenters. The Morgan fingerprint density at radius 2 is 1.84 bits per heavy atom. The summed E-state index contributed by atoms with van der Waals surface area (Å²) in [7, 11) is 4.33. The molecule has 4 heteroatoms. The lowest BCUT2D eigenvalue weighted by atomic mass is 9.93. The monoisotopic (exact) mass is 267 g/mol. The Morgan fingerprint density at radius 3 is 2.26 bits per heavy atom. The number of nitrogens with zero attached hydrogens (tertiary/aromatic N) is 2. The van der Waals surface area contributed by atoms with Crippen LogP contribution in [0.2, 0.25) is 0 Å². The molecule has 1 aromatic heterocycles. The van der Waals surface area contributed by atoms with Gasteiger partial charge in [0, 0.05) is 24.7 Å². The summed E-state index contributed by atoms with van der Waals surface area (Å²) in [6, 6.07) is 0.579. The Bertz CT molecular complexity index is 350. The molecular formula is C15H29N3O. The van der Waals surface area contributed by atoms with E-state index >= 15 is 0 Å². The SMILES string of the molecule is CCC(CC)C(CNCc1c(C)noc1C)N(C)C. The molecule has 0 spiro atoms. The molecule has 0 aliphatic carbocycles. The standard InChI is InChI=1S/C15H29N3O/c1-7-13(8-2)15(18(5)6)10-16-9-14-11(3)17-19-12(14)4/h13,15-16H,7-10H2,1-6H3. The van der Waals surface area contributed by atoms with Gasteiger partial charge in [-0.05, 0) is 33.9 Å². The molecule has 0 aliphatic rings. The van der Waals surface area contributed by atoms with Crippen LogP contribution in [0.15, 0.2) is 4.52 Å². The third-order valence-electron chi connectivity index (χ3n) is 4.09. The summed E-state index contributed by atoms with van der Waals surface area (Å²) in [6.45, 7) is 10.4. The second-order valence-corrected chi connectivity index (χ2v) is 5.54. The Balaban J connectivity index is 2.53. The van der Waals surface area contributed by atoms with Gasteiger partial charge < -0.3 is 14.7 Å². The Hall–Kier alpha value is -0.870. The van der Waals surface area contributed by atoms with Crippen molar-refractivity contribution in [3.63, 3.8) is 0 Å². The van der Waals surface area contributed by atoms with Crippen LogP contribution in [0.5, 0.6) is 0 Å². The predicted molar refractivity (Wildman–Crippen MR) is 79.2 cm³/mol. The fourth-order valence-electron chi connectivity index (χ4n) is 2.70. The van der Waals surface area contributed by atoms with Crippen LogP contribution < -0.4 is 5.32 Å². The van der Waals surface area contributed by atoms with Crippen LogP contribution in [0, 0.1) is 19.8 Å². The van der Waals surface area contributed by atoms with Crippen LogP contribution in [0.4, 0.5) is 0 Å². The molecule has 1 atom stereocenters. The van der Waals surface area contributed by atoms with Gasteiger partial charge >= 0.3 is 0 Å². The van der Waals surface area contributed by atoms with Crippen LogP contribution in [0.1, 0.15) is 43.7 Å². The summed E-state index contributed by atoms with van der Waals surface area (Å²) in [4.78, 5) is 2.33. The molecule has 0 fully saturated rings. The van der Waals surface area contributed by atoms with E-state index < -0.39 is 0 Å². The van der Waals surface area contributed by atoms with E-state index in [-0.39, 0.29) is 0 Å². The molecule has 4 nitrogen and oxygen atoms in total. The van der Waals surface area contributed by atoms with E-state index in [0.29, 0.717) is 6.04 Å². The Labute approximate surface area is 117 Å². The van der Waals surface area contributed by atoms with E-state index in [0.717, 1.165) is 30.5 Å². The van der Waals surface area contributed by atoms with Crippen molar-refractivity contribution in [3.05, 3.63) is 17.0 Å². The van der Waals surface area contributed by atoms with E-state index in [2.05, 4.69) is 43.3 Å². The average Bonchev–Trinajstić information content (AvgIpc) is 2.69. The zero-order chi connectivity index (χ0) is 14.4. The maximum Gasteiger partial charge on any atom is 0.138 e. The minimum atomic E-state index is 0.579. The summed E-state index contributed by atoms with van der Waals surface area (Å²) in [6.07, 6.45) is 2.46. The van der Waals surface area contributed by atoms with E-state index in [1.165, 1.54) is 18.4 Å². The van der Waals surface area contributed by atoms with Crippen molar-refractivity contribution in [2.24, 2.45) is 5.92 Å². The van der Waals surface area contributed by atoms with Crippen molar-refractivity contribution < 1.29 is 4.52 Å². The normalized spacial score (nSPS) is 13.5. The summed E-state index contributed by atoms with van der Waals surface area (Å²) in [5.74, 6) is 1.67. The van der Waals surface area contributed by atoms with Gasteiger partial charge in [-0.3, -0.25) is 0 Å². The lowest BCUT2D eigenvalue weighted by molar-refractivity contribution is 0.194. The van der Waals surface area contributed by atoms with Crippen molar-refractivity contribution in [2.75, 3.05) is 20.6 Å². The Kier molecular flexibility index (Phi) is 6.52. The van der Waals surface area contributed by atoms with Crippen molar-refractivity contribution in [1.29, 1.82) is 0 Å². The average molecular weight is 267 g/mol. The number of aromatic nitrogens is 1. The van der Waals surface area contributed by atoms with Gasteiger partial charge in [-0.25, -0.2) is 0 Å². The molecule has 0 aliphatic heterocycles. The summed E-state index contributed by atoms with van der Waals surface area (Å²) < 4.78 is 5.19. The van der Waals surface area contributed by atoms with Crippen molar-refractivity contribution in [2.45, 2.75) is 53.1 Å². The summed E-state index contributed by atoms with van der Waals surface area (Å²) in [5.41, 5.74) is 2.19. The van der Waals surface area contributed by atoms with Crippen LogP contribution in [-0.4, -0.2) is 36.7 Å². The van der Waals surface area contributed by atoms with E-state index in [9.17, 15) is 0 Å². The molecule has 1 N–H and O–H groups in total. The molecule has 0 aromatic carbocycles. The van der Waals surface area contributed by atoms with E-state index in [4.69, 9.17) is 4.52 Å². The molecule has 0 amide bonds. The van der Waals surface area contributed by atoms with Gasteiger partial charge in [0.05, 0.1) is 5.69 Å². The number of likely N-dealkylation sites (N-methyl/N-ethyl adjacent to an activating group) is 1. The molecule has 110 valence electrons. The summed E-state index contributed by atoms with van der Waals surface area (Å²) >= 11 is 0. The lowest BCUT2D eigenvalue weighted by Crippen LogP contribution is -2.42. The second-order valence-electron chi connectivity index (χ2n) is 5.54. The molecule has 0 saturated carbocycles. The first kappa shape index (κ1) is 16.2. The van der Waals surface area contributed by atoms with Gasteiger partial charge in [-0.2, -0.15) is 0 Å². The van der Waals surface area contributed by atoms with Crippen molar-refractivity contribution in [3.8, 4) is 0 Å². The fraction of sp³-hybridized carbons (Fsp3) is 0.800. The Morgan fingerprint density at radius 1 is 1.21 bits per heavy atom. The van der Waals surface area contributed by atoms with Crippen LogP contribution in [0.3, 0.4) is 0 Å². The topological polar surface area (TPSA) is 41.3 Å². The fourth-order valence-corrected chi connectivity index (χ4v) is 2.70. The third-order valence-corrected chi connectivity index (χ3v) is 4.09. The van der Waals surface area contributed by atoms with Gasteiger partial charge in [0.1, 0.15) is 5.76 Å². The number of hydrogen-bond donors (Lipinski definition) is 1. The van der Waals surface area contributed by atoms with Gasteiger partial charge in [0.25, 0.3) is 0 Å². The van der Waals surface area contributed by atoms with Gasteiger partial charge in [-0.1, -0.05) is 31.8 Å². The van der Waals surface area contributed by atoms with Gasteiger partial charge in [0.15, 0.2) is 0 Å². The molecule has 0 saturated heterocycles. The molecular weight excluding hydrogens is 238 g/mol. The molecule has 0 radical (unpaired) electrons. The summed E-state index contributed by atoms with van der Waals surface area (Å²) in [5, 5.41) is 7.55. The van der Waals surface area contributed by atoms with Crippen LogP contribution >= 0.6 is 0 Å². The molecule has 1 rings (SSSR count). The number of aryl methyl sites for hydroxylation is 2. The number of nitrogens with one attached hydrogen (secondary N) is 1. The largest absolute Gasteiger partial charge is 0.361 e.